The first-order valence-corrected chi connectivity index (χ1v) is 23.4. The van der Waals surface area contributed by atoms with Crippen LogP contribution in [0.15, 0.2) is 30.3 Å². The molecule has 0 aromatic heterocycles. The Balaban J connectivity index is 2.38. The largest absolute Gasteiger partial charge is 0.481 e. The van der Waals surface area contributed by atoms with Gasteiger partial charge in [0.1, 0.15) is 54.4 Å². The van der Waals surface area contributed by atoms with Crippen LogP contribution in [0.1, 0.15) is 93.1 Å². The number of aliphatic hydroxyl groups excluding tert-OH is 3. The van der Waals surface area contributed by atoms with Gasteiger partial charge < -0.3 is 73.4 Å². The Morgan fingerprint density at radius 1 is 0.657 bits per heavy atom. The van der Waals surface area contributed by atoms with E-state index in [-0.39, 0.29) is 31.7 Å². The molecule has 0 radical (unpaired) electrons. The standard InChI is InChI=1S/C46H73N9O15/c1-9-24(6)36(53-40(63)28(18-22(2)3)49-43(66)34(47)25(7)57)45(68)55-17-13-16-32(55)42(65)54-37(26(8)58)44(67)50-29(19-27-14-11-10-12-15-27)38(61)48-30(20-33(59)60)39(62)51-31(21-56)41(64)52-35(23(4)5)46(69)70/h10-12,14-15,22-26,28-32,34-37,56-58H,9,13,16-21,47H2,1-8H3,(H,48,61)(H,49,66)(H,50,67)(H,51,62)(H,52,64)(H,53,63)(H,54,65)(H,59,60)(H,69,70)/t24-,25+,26+,28-,29-,30-,31-,32-,34-,35-,36-,37-/m0/s1. The highest BCUT2D eigenvalue weighted by Crippen LogP contribution is 2.22. The first kappa shape index (κ1) is 59.9. The number of benzene rings is 1. The minimum Gasteiger partial charge on any atom is -0.481 e. The number of aliphatic hydroxyl groups is 3. The Labute approximate surface area is 407 Å². The fraction of sp³-hybridized carbons (Fsp3) is 0.652. The molecule has 24 nitrogen and oxygen atoms in total. The number of hydrogen-bond acceptors (Lipinski definition) is 14. The van der Waals surface area contributed by atoms with Crippen LogP contribution in [0, 0.1) is 17.8 Å². The van der Waals surface area contributed by atoms with E-state index in [2.05, 4.69) is 37.2 Å². The topological polar surface area (TPSA) is 385 Å². The van der Waals surface area contributed by atoms with E-state index in [4.69, 9.17) is 5.73 Å². The van der Waals surface area contributed by atoms with Crippen molar-refractivity contribution in [3.8, 4) is 0 Å². The third-order valence-electron chi connectivity index (χ3n) is 11.8. The molecule has 1 aromatic carbocycles. The molecule has 24 heteroatoms. The summed E-state index contributed by atoms with van der Waals surface area (Å²) in [5.41, 5.74) is 6.27. The summed E-state index contributed by atoms with van der Waals surface area (Å²) in [6, 6.07) is -5.15. The average molecular weight is 992 g/mol. The number of nitrogens with two attached hydrogens (primary N) is 1. The maximum absolute atomic E-state index is 14.3. The highest BCUT2D eigenvalue weighted by atomic mass is 16.4. The summed E-state index contributed by atoms with van der Waals surface area (Å²) in [6.45, 7) is 11.7. The molecule has 2 rings (SSSR count). The van der Waals surface area contributed by atoms with Crippen molar-refractivity contribution in [2.24, 2.45) is 23.5 Å². The number of carboxylic acid groups (broad SMARTS) is 2. The van der Waals surface area contributed by atoms with E-state index in [1.807, 2.05) is 13.8 Å². The quantitative estimate of drug-likeness (QED) is 0.0398. The summed E-state index contributed by atoms with van der Waals surface area (Å²) in [4.78, 5) is 134. The highest BCUT2D eigenvalue weighted by molar-refractivity contribution is 5.99. The van der Waals surface area contributed by atoms with Crippen LogP contribution in [0.25, 0.3) is 0 Å². The molecule has 1 heterocycles. The number of nitrogens with zero attached hydrogens (tertiary/aromatic N) is 1. The number of carboxylic acids is 2. The minimum atomic E-state index is -1.92. The van der Waals surface area contributed by atoms with Crippen molar-refractivity contribution in [3.63, 3.8) is 0 Å². The molecule has 14 N–H and O–H groups in total. The van der Waals surface area contributed by atoms with Crippen LogP contribution < -0.4 is 43.0 Å². The van der Waals surface area contributed by atoms with Gasteiger partial charge in [0.25, 0.3) is 0 Å². The summed E-state index contributed by atoms with van der Waals surface area (Å²) in [5, 5.41) is 66.5. The molecule has 0 unspecified atom stereocenters. The Morgan fingerprint density at radius 2 is 1.19 bits per heavy atom. The molecular weight excluding hydrogens is 919 g/mol. The molecule has 1 saturated heterocycles. The minimum absolute atomic E-state index is 0.0790. The van der Waals surface area contributed by atoms with E-state index < -0.39 is 151 Å². The van der Waals surface area contributed by atoms with Crippen LogP contribution in [0.2, 0.25) is 0 Å². The lowest BCUT2D eigenvalue weighted by Gasteiger charge is -2.33. The number of likely N-dealkylation sites (tertiary alicyclic amines) is 1. The number of rotatable bonds is 28. The van der Waals surface area contributed by atoms with E-state index in [0.717, 1.165) is 0 Å². The van der Waals surface area contributed by atoms with Gasteiger partial charge in [0.2, 0.25) is 47.3 Å². The van der Waals surface area contributed by atoms with Crippen molar-refractivity contribution in [2.45, 2.75) is 160 Å². The second-order valence-electron chi connectivity index (χ2n) is 18.5. The number of hydrogen-bond donors (Lipinski definition) is 13. The zero-order valence-corrected chi connectivity index (χ0v) is 41.0. The summed E-state index contributed by atoms with van der Waals surface area (Å²) in [6.07, 6.45) is -3.10. The zero-order chi connectivity index (χ0) is 53.2. The summed E-state index contributed by atoms with van der Waals surface area (Å²) >= 11 is 0. The van der Waals surface area contributed by atoms with Gasteiger partial charge in [-0.1, -0.05) is 78.3 Å². The second-order valence-corrected chi connectivity index (χ2v) is 18.5. The van der Waals surface area contributed by atoms with Crippen LogP contribution in [-0.4, -0.2) is 169 Å². The van der Waals surface area contributed by atoms with Gasteiger partial charge in [0.15, 0.2) is 0 Å². The summed E-state index contributed by atoms with van der Waals surface area (Å²) < 4.78 is 0. The Kier molecular flexibility index (Phi) is 24.3. The van der Waals surface area contributed by atoms with E-state index in [9.17, 15) is 73.5 Å². The van der Waals surface area contributed by atoms with Crippen molar-refractivity contribution in [1.82, 2.24) is 42.1 Å². The average Bonchev–Trinajstić information content (AvgIpc) is 3.79. The van der Waals surface area contributed by atoms with Crippen LogP contribution in [0.5, 0.6) is 0 Å². The van der Waals surface area contributed by atoms with E-state index >= 15 is 0 Å². The normalized spacial score (nSPS) is 18.3. The first-order chi connectivity index (χ1) is 32.7. The van der Waals surface area contributed by atoms with Crippen molar-refractivity contribution >= 4 is 59.2 Å². The Hall–Kier alpha value is -6.24. The molecule has 1 aliphatic heterocycles. The lowest BCUT2D eigenvalue weighted by atomic mass is 9.95. The van der Waals surface area contributed by atoms with Crippen molar-refractivity contribution < 1.29 is 73.5 Å². The number of aliphatic carboxylic acids is 2. The molecule has 0 aliphatic carbocycles. The lowest BCUT2D eigenvalue weighted by Crippen LogP contribution is -2.62. The number of carbonyl (C=O) groups is 10. The monoisotopic (exact) mass is 992 g/mol. The predicted octanol–water partition coefficient (Wildman–Crippen LogP) is -3.00. The molecule has 0 saturated carbocycles. The van der Waals surface area contributed by atoms with Gasteiger partial charge in [-0.25, -0.2) is 4.79 Å². The number of amides is 8. The van der Waals surface area contributed by atoms with Crippen LogP contribution >= 0.6 is 0 Å². The molecule has 1 aliphatic rings. The number of carbonyl (C=O) groups excluding carboxylic acids is 8. The Morgan fingerprint density at radius 3 is 1.70 bits per heavy atom. The van der Waals surface area contributed by atoms with Gasteiger partial charge in [-0.3, -0.25) is 43.2 Å². The molecule has 12 atom stereocenters. The van der Waals surface area contributed by atoms with Crippen LogP contribution in [0.3, 0.4) is 0 Å². The smallest absolute Gasteiger partial charge is 0.326 e. The molecule has 1 aromatic rings. The fourth-order valence-electron chi connectivity index (χ4n) is 7.47. The first-order valence-electron chi connectivity index (χ1n) is 23.4. The molecule has 0 bridgehead atoms. The Bertz CT molecular complexity index is 1990. The van der Waals surface area contributed by atoms with Crippen LogP contribution in [0.4, 0.5) is 0 Å². The summed E-state index contributed by atoms with van der Waals surface area (Å²) in [7, 11) is 0. The summed E-state index contributed by atoms with van der Waals surface area (Å²) in [5.74, 6) is -11.7. The van der Waals surface area contributed by atoms with Gasteiger partial charge >= 0.3 is 11.9 Å². The molecule has 1 fully saturated rings. The predicted molar refractivity (Wildman–Crippen MR) is 250 cm³/mol. The lowest BCUT2D eigenvalue weighted by molar-refractivity contribution is -0.144. The van der Waals surface area contributed by atoms with E-state index in [1.54, 1.807) is 44.2 Å². The van der Waals surface area contributed by atoms with Crippen molar-refractivity contribution in [3.05, 3.63) is 35.9 Å². The SMILES string of the molecule is CC[C@H](C)[C@H](NC(=O)[C@H](CC(C)C)NC(=O)[C@@H](N)[C@@H](C)O)C(=O)N1CCC[C@H]1C(=O)N[C@H](C(=O)N[C@@H](Cc1ccccc1)C(=O)N[C@@H](CC(=O)O)C(=O)N[C@@H](CO)C(=O)N[C@H](C(=O)O)C(C)C)[C@@H](C)O. The third kappa shape index (κ3) is 18.3. The third-order valence-corrected chi connectivity index (χ3v) is 11.8. The van der Waals surface area contributed by atoms with E-state index in [0.29, 0.717) is 18.4 Å². The van der Waals surface area contributed by atoms with Gasteiger partial charge in [0.05, 0.1) is 25.2 Å². The fourth-order valence-corrected chi connectivity index (χ4v) is 7.47. The highest BCUT2D eigenvalue weighted by Gasteiger charge is 2.42. The van der Waals surface area contributed by atoms with E-state index in [1.165, 1.54) is 32.6 Å². The van der Waals surface area contributed by atoms with Crippen molar-refractivity contribution in [1.29, 1.82) is 0 Å². The zero-order valence-electron chi connectivity index (χ0n) is 41.0. The van der Waals surface area contributed by atoms with Crippen LogP contribution in [-0.2, 0) is 54.4 Å². The molecule has 70 heavy (non-hydrogen) atoms. The van der Waals surface area contributed by atoms with Crippen molar-refractivity contribution in [2.75, 3.05) is 13.2 Å². The van der Waals surface area contributed by atoms with Gasteiger partial charge in [0, 0.05) is 13.0 Å². The molecule has 392 valence electrons. The molecule has 0 spiro atoms. The van der Waals surface area contributed by atoms with Gasteiger partial charge in [-0.2, -0.15) is 0 Å². The molecule has 8 amide bonds. The maximum Gasteiger partial charge on any atom is 0.326 e. The van der Waals surface area contributed by atoms with Gasteiger partial charge in [-0.05, 0) is 56.4 Å². The van der Waals surface area contributed by atoms with Gasteiger partial charge in [-0.15, -0.1) is 0 Å². The second kappa shape index (κ2) is 28.4. The molecular formula is C46H73N9O15. The maximum atomic E-state index is 14.3. The number of nitrogens with one attached hydrogen (secondary N) is 7.